The van der Waals surface area contributed by atoms with Gasteiger partial charge < -0.3 is 19.0 Å². The molecule has 3 rings (SSSR count). The molecule has 0 aliphatic carbocycles. The molecule has 3 aromatic rings. The highest BCUT2D eigenvalue weighted by atomic mass is 35.5. The Morgan fingerprint density at radius 3 is 2.57 bits per heavy atom. The highest BCUT2D eigenvalue weighted by molar-refractivity contribution is 6.31. The van der Waals surface area contributed by atoms with Gasteiger partial charge in [0, 0.05) is 5.02 Å². The third-order valence-electron chi connectivity index (χ3n) is 3.57. The van der Waals surface area contributed by atoms with E-state index in [1.165, 1.54) is 6.20 Å². The van der Waals surface area contributed by atoms with Gasteiger partial charge in [0.15, 0.2) is 13.2 Å². The molecular weight excluding hydrogens is 410 g/mol. The van der Waals surface area contributed by atoms with Crippen LogP contribution in [0, 0.1) is 0 Å². The molecule has 0 radical (unpaired) electrons. The normalized spacial score (nSPS) is 10.4. The van der Waals surface area contributed by atoms with E-state index < -0.39 is 5.97 Å². The van der Waals surface area contributed by atoms with Crippen LogP contribution in [0.15, 0.2) is 53.8 Å². The SMILES string of the molecule is CC(C)=NOCCOC(=O)COc1ccc(Oc2cnc3cc(Cl)ccc3n2)cc1. The van der Waals surface area contributed by atoms with E-state index in [4.69, 9.17) is 30.6 Å². The molecule has 0 amide bonds. The van der Waals surface area contributed by atoms with Gasteiger partial charge in [-0.1, -0.05) is 16.8 Å². The minimum atomic E-state index is -0.498. The van der Waals surface area contributed by atoms with Crippen LogP contribution in [-0.2, 0) is 14.4 Å². The Labute approximate surface area is 178 Å². The molecule has 9 heteroatoms. The molecule has 8 nitrogen and oxygen atoms in total. The van der Waals surface area contributed by atoms with Crippen molar-refractivity contribution in [1.82, 2.24) is 9.97 Å². The summed E-state index contributed by atoms with van der Waals surface area (Å²) < 4.78 is 16.1. The summed E-state index contributed by atoms with van der Waals surface area (Å²) in [5.74, 6) is 0.909. The molecule has 0 unspecified atom stereocenters. The second-order valence-electron chi connectivity index (χ2n) is 6.30. The summed E-state index contributed by atoms with van der Waals surface area (Å²) in [6.45, 7) is 3.69. The van der Waals surface area contributed by atoms with Gasteiger partial charge in [0.1, 0.15) is 18.1 Å². The maximum absolute atomic E-state index is 11.7. The molecule has 0 spiro atoms. The van der Waals surface area contributed by atoms with Gasteiger partial charge in [-0.25, -0.2) is 14.8 Å². The molecule has 0 saturated carbocycles. The van der Waals surface area contributed by atoms with Crippen molar-refractivity contribution in [3.05, 3.63) is 53.7 Å². The number of carbonyl (C=O) groups excluding carboxylic acids is 1. The van der Waals surface area contributed by atoms with E-state index in [1.807, 2.05) is 13.8 Å². The average Bonchev–Trinajstić information content (AvgIpc) is 2.73. The Morgan fingerprint density at radius 2 is 1.80 bits per heavy atom. The van der Waals surface area contributed by atoms with Crippen molar-refractivity contribution in [2.75, 3.05) is 19.8 Å². The first-order chi connectivity index (χ1) is 14.5. The third-order valence-corrected chi connectivity index (χ3v) is 3.80. The topological polar surface area (TPSA) is 92.1 Å². The lowest BCUT2D eigenvalue weighted by Gasteiger charge is -2.08. The predicted octanol–water partition coefficient (Wildman–Crippen LogP) is 4.41. The molecule has 30 heavy (non-hydrogen) atoms. The molecule has 0 aliphatic rings. The molecule has 1 heterocycles. The molecule has 0 atom stereocenters. The number of ether oxygens (including phenoxy) is 3. The lowest BCUT2D eigenvalue weighted by molar-refractivity contribution is -0.147. The summed E-state index contributed by atoms with van der Waals surface area (Å²) in [6, 6.07) is 12.0. The van der Waals surface area contributed by atoms with E-state index in [0.29, 0.717) is 33.4 Å². The Hall–Kier alpha value is -3.39. The van der Waals surface area contributed by atoms with Crippen LogP contribution < -0.4 is 9.47 Å². The van der Waals surface area contributed by atoms with E-state index in [9.17, 15) is 4.79 Å². The highest BCUT2D eigenvalue weighted by Crippen LogP contribution is 2.24. The van der Waals surface area contributed by atoms with Gasteiger partial charge in [-0.15, -0.1) is 0 Å². The van der Waals surface area contributed by atoms with Crippen molar-refractivity contribution < 1.29 is 23.8 Å². The number of hydrogen-bond donors (Lipinski definition) is 0. The van der Waals surface area contributed by atoms with Crippen molar-refractivity contribution >= 4 is 34.3 Å². The predicted molar refractivity (Wildman–Crippen MR) is 112 cm³/mol. The van der Waals surface area contributed by atoms with E-state index in [1.54, 1.807) is 42.5 Å². The first kappa shape index (κ1) is 21.3. The largest absolute Gasteiger partial charge is 0.482 e. The quantitative estimate of drug-likeness (QED) is 0.215. The summed E-state index contributed by atoms with van der Waals surface area (Å²) in [5, 5.41) is 4.34. The number of carbonyl (C=O) groups is 1. The first-order valence-corrected chi connectivity index (χ1v) is 9.49. The Bertz CT molecular complexity index is 1040. The Kier molecular flexibility index (Phi) is 7.40. The summed E-state index contributed by atoms with van der Waals surface area (Å²) in [7, 11) is 0. The number of benzene rings is 2. The zero-order valence-corrected chi connectivity index (χ0v) is 17.3. The van der Waals surface area contributed by atoms with Crippen LogP contribution in [0.25, 0.3) is 11.0 Å². The maximum atomic E-state index is 11.7. The third kappa shape index (κ3) is 6.59. The van der Waals surface area contributed by atoms with Gasteiger partial charge in [0.05, 0.1) is 22.9 Å². The van der Waals surface area contributed by atoms with Crippen LogP contribution in [0.1, 0.15) is 13.8 Å². The number of oxime groups is 1. The average molecular weight is 430 g/mol. The highest BCUT2D eigenvalue weighted by Gasteiger charge is 2.06. The lowest BCUT2D eigenvalue weighted by Crippen LogP contribution is -2.17. The second kappa shape index (κ2) is 10.4. The first-order valence-electron chi connectivity index (χ1n) is 9.11. The van der Waals surface area contributed by atoms with Gasteiger partial charge in [0.2, 0.25) is 5.88 Å². The Balaban J connectivity index is 1.46. The van der Waals surface area contributed by atoms with Crippen LogP contribution in [0.4, 0.5) is 0 Å². The molecular formula is C21H20ClN3O5. The van der Waals surface area contributed by atoms with Crippen molar-refractivity contribution in [2.45, 2.75) is 13.8 Å². The molecule has 1 aromatic heterocycles. The number of rotatable bonds is 9. The summed E-state index contributed by atoms with van der Waals surface area (Å²) in [5.41, 5.74) is 2.15. The monoisotopic (exact) mass is 429 g/mol. The van der Waals surface area contributed by atoms with Crippen LogP contribution in [0.2, 0.25) is 5.02 Å². The molecule has 0 aliphatic heterocycles. The summed E-state index contributed by atoms with van der Waals surface area (Å²) in [6.07, 6.45) is 1.52. The second-order valence-corrected chi connectivity index (χ2v) is 6.73. The molecule has 0 bridgehead atoms. The van der Waals surface area contributed by atoms with Crippen LogP contribution >= 0.6 is 11.6 Å². The number of hydrogen-bond acceptors (Lipinski definition) is 8. The van der Waals surface area contributed by atoms with Gasteiger partial charge in [-0.05, 0) is 56.3 Å². The van der Waals surface area contributed by atoms with Gasteiger partial charge in [-0.3, -0.25) is 0 Å². The van der Waals surface area contributed by atoms with E-state index in [0.717, 1.165) is 5.71 Å². The number of fused-ring (bicyclic) bond motifs is 1. The number of nitrogens with zero attached hydrogens (tertiary/aromatic N) is 3. The zero-order valence-electron chi connectivity index (χ0n) is 16.5. The van der Waals surface area contributed by atoms with E-state index in [2.05, 4.69) is 15.1 Å². The number of aromatic nitrogens is 2. The fraction of sp³-hybridized carbons (Fsp3) is 0.238. The van der Waals surface area contributed by atoms with Crippen LogP contribution in [-0.4, -0.2) is 41.5 Å². The minimum Gasteiger partial charge on any atom is -0.482 e. The smallest absolute Gasteiger partial charge is 0.344 e. The fourth-order valence-electron chi connectivity index (χ4n) is 2.29. The minimum absolute atomic E-state index is 0.102. The lowest BCUT2D eigenvalue weighted by atomic mass is 10.3. The summed E-state index contributed by atoms with van der Waals surface area (Å²) >= 11 is 5.95. The Morgan fingerprint density at radius 1 is 1.03 bits per heavy atom. The van der Waals surface area contributed by atoms with Crippen molar-refractivity contribution in [3.8, 4) is 17.4 Å². The van der Waals surface area contributed by atoms with Crippen LogP contribution in [0.3, 0.4) is 0 Å². The number of halogens is 1. The van der Waals surface area contributed by atoms with Crippen molar-refractivity contribution in [2.24, 2.45) is 5.16 Å². The molecule has 0 fully saturated rings. The fourth-order valence-corrected chi connectivity index (χ4v) is 2.46. The van der Waals surface area contributed by atoms with Gasteiger partial charge in [-0.2, -0.15) is 0 Å². The van der Waals surface area contributed by atoms with Crippen molar-refractivity contribution in [3.63, 3.8) is 0 Å². The molecule has 0 N–H and O–H groups in total. The standard InChI is InChI=1S/C21H20ClN3O5/c1-14(2)25-29-10-9-27-21(26)13-28-16-4-6-17(7-5-16)30-20-12-23-19-11-15(22)3-8-18(19)24-20/h3-8,11-12H,9-10,13H2,1-2H3. The van der Waals surface area contributed by atoms with Gasteiger partial charge in [0.25, 0.3) is 0 Å². The number of esters is 1. The zero-order chi connectivity index (χ0) is 21.3. The molecule has 156 valence electrons. The summed E-state index contributed by atoms with van der Waals surface area (Å²) in [4.78, 5) is 25.3. The van der Waals surface area contributed by atoms with E-state index >= 15 is 0 Å². The van der Waals surface area contributed by atoms with E-state index in [-0.39, 0.29) is 19.8 Å². The van der Waals surface area contributed by atoms with Gasteiger partial charge >= 0.3 is 5.97 Å². The van der Waals surface area contributed by atoms with Crippen LogP contribution in [0.5, 0.6) is 17.4 Å². The van der Waals surface area contributed by atoms with Crippen molar-refractivity contribution in [1.29, 1.82) is 0 Å². The molecule has 2 aromatic carbocycles. The maximum Gasteiger partial charge on any atom is 0.344 e. The molecule has 0 saturated heterocycles.